The van der Waals surface area contributed by atoms with Gasteiger partial charge in [0.05, 0.1) is 11.0 Å². The van der Waals surface area contributed by atoms with Crippen LogP contribution >= 0.6 is 125 Å². The van der Waals surface area contributed by atoms with Crippen LogP contribution in [0.15, 0.2) is 48.8 Å². The van der Waals surface area contributed by atoms with E-state index in [4.69, 9.17) is 71.3 Å². The van der Waals surface area contributed by atoms with Crippen LogP contribution in [0.5, 0.6) is 0 Å². The van der Waals surface area contributed by atoms with Crippen LogP contribution in [0.3, 0.4) is 0 Å². The van der Waals surface area contributed by atoms with Gasteiger partial charge in [-0.05, 0) is 117 Å². The quantitative estimate of drug-likeness (QED) is 0.0981. The summed E-state index contributed by atoms with van der Waals surface area (Å²) in [6, 6.07) is 12.6. The van der Waals surface area contributed by atoms with Crippen molar-refractivity contribution in [3.63, 3.8) is 0 Å². The standard InChI is InChI=1S/C20H25ClN4O2.C12H22N2O2.C8H4Cl2N2.C2H4O2.CH4.BI3.BI2.BI/c1-20(2,3)27-19(26)25-13-6-7-14(25)10-12(9-13)23-18-15-5-4-8-22-16(15)11-17(21)24-18;1-12(2,3)16-11(15)14-9-4-5-10(14)7-8(13)6-9;9-7-4-6-5(8(10)12-7)2-1-3-11-6;1-2(3)4;;1-4(2)3;1-3-2;1-2/h4-5,8,11-14H,6-7,9-10H2,1-3H3,(H,23,24);8-10H,4-7,13H2,1-3H3;1-4H;1H3,(H,3,4);1H4;;;/q;;;;;;-1;/t12?,13-,14+;8?,9-,10+;;;;;;. The number of aliphatic carboxylic acids is 1. The van der Waals surface area contributed by atoms with Gasteiger partial charge >= 0.3 is 108 Å². The van der Waals surface area contributed by atoms with Crippen LogP contribution in [0.2, 0.25) is 15.5 Å². The Labute approximate surface area is 486 Å². The van der Waals surface area contributed by atoms with Gasteiger partial charge in [-0.25, -0.2) is 19.6 Å². The second kappa shape index (κ2) is 33.4. The molecule has 4 N–H and O–H groups in total. The van der Waals surface area contributed by atoms with Crippen LogP contribution in [-0.2, 0) is 14.3 Å². The number of carbonyl (C=O) groups is 3. The van der Waals surface area contributed by atoms with Crippen molar-refractivity contribution in [2.24, 2.45) is 5.73 Å². The Bertz CT molecular complexity index is 2190. The van der Waals surface area contributed by atoms with Gasteiger partial charge in [-0.2, -0.15) is 22.4 Å². The van der Waals surface area contributed by atoms with E-state index in [0.29, 0.717) is 27.5 Å². The SMILES string of the molecule is C.CC(=O)O.CC(C)(C)OC(=O)N1[C@@H]2CC[C@H]1CC(N)C2.CC(C)(C)OC(=O)N1[C@@H]2CC[C@H]1CC(Nc1nc(Cl)cc3ncccc13)C2.Clc1cc2ncccc2c(Cl)n1.[B]I.[B]I(I)I.[B][I-]I. The number of aromatic nitrogens is 4. The van der Waals surface area contributed by atoms with Crippen LogP contribution in [0.4, 0.5) is 15.4 Å². The molecule has 2 amide bonds. The Balaban J connectivity index is 0.000000483. The fourth-order valence-corrected chi connectivity index (χ4v) is 8.76. The fraction of sp³-hybridized carbons (Fsp3) is 0.558. The molecule has 4 aromatic heterocycles. The third-order valence-electron chi connectivity index (χ3n) is 10.1. The Morgan fingerprint density at radius 3 is 1.54 bits per heavy atom. The maximum absolute atomic E-state index is 12.6. The predicted octanol–water partition coefficient (Wildman–Crippen LogP) is 10.5. The van der Waals surface area contributed by atoms with Gasteiger partial charge in [0, 0.05) is 78.5 Å². The normalized spacial score (nSPS) is 20.8. The Hall–Kier alpha value is 0.335. The number of nitrogens with two attached hydrogens (primary N) is 1. The Morgan fingerprint density at radius 2 is 1.14 bits per heavy atom. The second-order valence-corrected chi connectivity index (χ2v) is 45.8. The predicted molar refractivity (Wildman–Crippen MR) is 325 cm³/mol. The number of anilines is 1. The minimum absolute atomic E-state index is 0. The van der Waals surface area contributed by atoms with Gasteiger partial charge in [-0.15, -0.1) is 0 Å². The topological polar surface area (TPSA) is 186 Å². The van der Waals surface area contributed by atoms with E-state index in [1.54, 1.807) is 46.9 Å². The third-order valence-corrected chi connectivity index (χ3v) is 10.8. The summed E-state index contributed by atoms with van der Waals surface area (Å²) < 4.78 is 11.1. The number of nitrogens with one attached hydrogen (secondary N) is 1. The molecule has 0 saturated carbocycles. The molecular weight excluding hydrogens is 1620 g/mol. The first-order chi connectivity index (χ1) is 31.8. The first-order valence-electron chi connectivity index (χ1n) is 21.0. The molecule has 4 bridgehead atoms. The van der Waals surface area contributed by atoms with Crippen molar-refractivity contribution < 1.29 is 46.0 Å². The number of rotatable bonds is 2. The van der Waals surface area contributed by atoms with E-state index < -0.39 is 28.8 Å². The van der Waals surface area contributed by atoms with E-state index in [9.17, 15) is 9.59 Å². The molecule has 0 aliphatic carbocycles. The van der Waals surface area contributed by atoms with Gasteiger partial charge in [0.1, 0.15) is 32.5 Å². The molecular formula is C43H59B3Cl3I6N8O6-. The van der Waals surface area contributed by atoms with Crippen molar-refractivity contribution in [2.45, 2.75) is 155 Å². The Morgan fingerprint density at radius 1 is 0.797 bits per heavy atom. The van der Waals surface area contributed by atoms with Gasteiger partial charge in [0.25, 0.3) is 5.97 Å². The van der Waals surface area contributed by atoms with Crippen molar-refractivity contribution in [2.75, 3.05) is 5.32 Å². The molecule has 4 saturated heterocycles. The summed E-state index contributed by atoms with van der Waals surface area (Å²) in [5, 5.41) is 13.9. The summed E-state index contributed by atoms with van der Waals surface area (Å²) in [4.78, 5) is 54.4. The zero-order valence-electron chi connectivity index (χ0n) is 38.6. The number of ether oxygens (including phenoxy) is 2. The van der Waals surface area contributed by atoms with Gasteiger partial charge in [0.15, 0.2) is 5.70 Å². The number of fused-ring (bicyclic) bond motifs is 6. The van der Waals surface area contributed by atoms with Crippen molar-refractivity contribution in [3.8, 4) is 0 Å². The first kappa shape index (κ1) is 67.3. The molecule has 380 valence electrons. The van der Waals surface area contributed by atoms with Crippen LogP contribution < -0.4 is 28.1 Å². The molecule has 8 rings (SSSR count). The Kier molecular flexibility index (Phi) is 32.6. The summed E-state index contributed by atoms with van der Waals surface area (Å²) >= 11 is 25.3. The average Bonchev–Trinajstić information content (AvgIpc) is 3.66. The van der Waals surface area contributed by atoms with E-state index in [1.165, 1.54) is 0 Å². The van der Waals surface area contributed by atoms with Gasteiger partial charge in [-0.1, -0.05) is 42.2 Å². The number of nitrogens with zero attached hydrogens (tertiary/aromatic N) is 6. The van der Waals surface area contributed by atoms with Crippen molar-refractivity contribution >= 4 is 188 Å². The number of carbonyl (C=O) groups excluding carboxylic acids is 2. The third kappa shape index (κ3) is 24.7. The molecule has 4 fully saturated rings. The minimum atomic E-state index is -0.833. The number of amides is 2. The van der Waals surface area contributed by atoms with Gasteiger partial charge in [-0.3, -0.25) is 14.8 Å². The van der Waals surface area contributed by atoms with E-state index in [-0.39, 0.29) is 60.8 Å². The average molecular weight is 1680 g/mol. The molecule has 4 aliphatic heterocycles. The second-order valence-electron chi connectivity index (χ2n) is 17.6. The zero-order valence-corrected chi connectivity index (χ0v) is 53.8. The summed E-state index contributed by atoms with van der Waals surface area (Å²) in [7, 11) is 0. The zero-order chi connectivity index (χ0) is 51.5. The summed E-state index contributed by atoms with van der Waals surface area (Å²) in [5.41, 5.74) is 21.3. The molecule has 0 aromatic carbocycles. The molecule has 6 atom stereocenters. The monoisotopic (exact) mass is 1680 g/mol. The maximum atomic E-state index is 12.6. The van der Waals surface area contributed by atoms with Crippen molar-refractivity contribution in [3.05, 3.63) is 64.3 Å². The molecule has 4 aliphatic rings. The fourth-order valence-electron chi connectivity index (χ4n) is 8.09. The van der Waals surface area contributed by atoms with Crippen LogP contribution in [0.1, 0.15) is 107 Å². The molecule has 26 heteroatoms. The van der Waals surface area contributed by atoms with E-state index >= 15 is 0 Å². The first-order valence-corrected chi connectivity index (χ1v) is 44.7. The van der Waals surface area contributed by atoms with E-state index in [2.05, 4.69) is 86.8 Å². The van der Waals surface area contributed by atoms with Crippen LogP contribution in [0.25, 0.3) is 21.8 Å². The summed E-state index contributed by atoms with van der Waals surface area (Å²) in [5.74, 6) is -0.0688. The number of piperidine rings is 2. The molecule has 69 heavy (non-hydrogen) atoms. The number of pyridine rings is 4. The number of hydrogen-bond acceptors (Lipinski definition) is 11. The molecule has 6 radical (unpaired) electrons. The summed E-state index contributed by atoms with van der Waals surface area (Å²) in [6.45, 7) is 12.5. The molecule has 2 unspecified atom stereocenters. The van der Waals surface area contributed by atoms with Gasteiger partial charge < -0.3 is 35.4 Å². The number of halogens is 9. The van der Waals surface area contributed by atoms with Crippen molar-refractivity contribution in [1.82, 2.24) is 29.7 Å². The number of hydrogen-bond donors (Lipinski definition) is 3. The molecule has 14 nitrogen and oxygen atoms in total. The number of carboxylic acids is 1. The van der Waals surface area contributed by atoms with Crippen LogP contribution in [-0.4, -0.2) is 118 Å². The molecule has 8 heterocycles. The summed E-state index contributed by atoms with van der Waals surface area (Å²) in [6.07, 6.45) is 10.9. The van der Waals surface area contributed by atoms with E-state index in [0.717, 1.165) is 85.9 Å². The number of carboxylic acid groups (broad SMARTS) is 1. The van der Waals surface area contributed by atoms with E-state index in [1.807, 2.05) is 75.6 Å². The van der Waals surface area contributed by atoms with Crippen LogP contribution in [0, 0.1) is 0 Å². The van der Waals surface area contributed by atoms with Gasteiger partial charge in [0.2, 0.25) is 0 Å². The molecule has 0 spiro atoms. The van der Waals surface area contributed by atoms with Crippen molar-refractivity contribution in [1.29, 1.82) is 0 Å². The molecule has 4 aromatic rings.